The molecule has 0 radical (unpaired) electrons. The Kier molecular flexibility index (Phi) is 4.90. The number of fused-ring (bicyclic) bond motifs is 1. The van der Waals surface area contributed by atoms with Gasteiger partial charge in [0.05, 0.1) is 28.9 Å². The molecular weight excluding hydrogens is 356 g/mol. The topological polar surface area (TPSA) is 106 Å². The Morgan fingerprint density at radius 2 is 2.00 bits per heavy atom. The molecule has 3 aromatic rings. The lowest BCUT2D eigenvalue weighted by Gasteiger charge is -2.09. The molecule has 0 aliphatic rings. The maximum atomic E-state index is 12.6. The highest BCUT2D eigenvalue weighted by Crippen LogP contribution is 2.32. The van der Waals surface area contributed by atoms with E-state index in [9.17, 15) is 9.59 Å². The van der Waals surface area contributed by atoms with Crippen molar-refractivity contribution in [2.45, 2.75) is 27.7 Å². The van der Waals surface area contributed by atoms with Crippen LogP contribution in [0, 0.1) is 20.8 Å². The van der Waals surface area contributed by atoms with Gasteiger partial charge in [0.25, 0.3) is 11.6 Å². The molecule has 0 saturated heterocycles. The predicted octanol–water partition coefficient (Wildman–Crippen LogP) is 3.27. The summed E-state index contributed by atoms with van der Waals surface area (Å²) in [5.74, 6) is -0.511. The van der Waals surface area contributed by atoms with E-state index in [1.54, 1.807) is 31.3 Å². The molecule has 3 rings (SSSR count). The van der Waals surface area contributed by atoms with E-state index in [4.69, 9.17) is 9.26 Å². The lowest BCUT2D eigenvalue weighted by molar-refractivity contribution is 0.0914. The summed E-state index contributed by atoms with van der Waals surface area (Å²) in [6, 6.07) is 3.68. The highest BCUT2D eigenvalue weighted by Gasteiger charge is 2.21. The molecule has 8 nitrogen and oxygen atoms in total. The van der Waals surface area contributed by atoms with Gasteiger partial charge in [0, 0.05) is 15.3 Å². The zero-order valence-corrected chi connectivity index (χ0v) is 15.6. The fourth-order valence-electron chi connectivity index (χ4n) is 2.64. The number of ether oxygens (including phenoxy) is 1. The van der Waals surface area contributed by atoms with Crippen molar-refractivity contribution >= 4 is 34.4 Å². The summed E-state index contributed by atoms with van der Waals surface area (Å²) >= 11 is 1.65. The molecule has 3 heterocycles. The number of hydrogen-bond donors (Lipinski definition) is 2. The van der Waals surface area contributed by atoms with Crippen LogP contribution in [0.15, 0.2) is 16.7 Å². The highest BCUT2D eigenvalue weighted by molar-refractivity contribution is 7.12. The van der Waals surface area contributed by atoms with Crippen LogP contribution in [0.1, 0.15) is 32.7 Å². The zero-order chi connectivity index (χ0) is 18.8. The van der Waals surface area contributed by atoms with Crippen LogP contribution in [-0.4, -0.2) is 28.7 Å². The summed E-state index contributed by atoms with van der Waals surface area (Å²) in [4.78, 5) is 30.7. The SMILES string of the molecule is CCOC(=O)NNC(=O)c1cc(-c2cc(C)sc2C)nc2onc(C)c12. The van der Waals surface area contributed by atoms with Gasteiger partial charge >= 0.3 is 6.09 Å². The minimum absolute atomic E-state index is 0.201. The maximum absolute atomic E-state index is 12.6. The lowest BCUT2D eigenvalue weighted by atomic mass is 10.1. The Balaban J connectivity index is 2.02. The first kappa shape index (κ1) is 17.9. The van der Waals surface area contributed by atoms with E-state index in [1.165, 1.54) is 0 Å². The lowest BCUT2D eigenvalue weighted by Crippen LogP contribution is -2.42. The van der Waals surface area contributed by atoms with Crippen LogP contribution >= 0.6 is 11.3 Å². The number of thiophene rings is 1. The summed E-state index contributed by atoms with van der Waals surface area (Å²) in [6.45, 7) is 7.60. The summed E-state index contributed by atoms with van der Waals surface area (Å²) in [6.07, 6.45) is -0.738. The molecule has 0 spiro atoms. The first-order valence-corrected chi connectivity index (χ1v) is 8.80. The van der Waals surface area contributed by atoms with E-state index in [0.717, 1.165) is 15.3 Å². The Morgan fingerprint density at radius 1 is 1.23 bits per heavy atom. The van der Waals surface area contributed by atoms with Gasteiger partial charge in [-0.15, -0.1) is 11.3 Å². The molecule has 136 valence electrons. The van der Waals surface area contributed by atoms with Crippen molar-refractivity contribution in [2.24, 2.45) is 0 Å². The van der Waals surface area contributed by atoms with Gasteiger partial charge in [-0.25, -0.2) is 15.2 Å². The Bertz CT molecular complexity index is 992. The number of aryl methyl sites for hydroxylation is 3. The molecule has 0 atom stereocenters. The van der Waals surface area contributed by atoms with Crippen molar-refractivity contribution in [1.29, 1.82) is 0 Å². The molecule has 0 bridgehead atoms. The molecule has 0 aliphatic heterocycles. The average Bonchev–Trinajstić information content (AvgIpc) is 3.14. The number of nitrogens with one attached hydrogen (secondary N) is 2. The number of pyridine rings is 1. The van der Waals surface area contributed by atoms with Crippen LogP contribution in [0.4, 0.5) is 4.79 Å². The molecule has 2 amide bonds. The zero-order valence-electron chi connectivity index (χ0n) is 14.8. The first-order valence-electron chi connectivity index (χ1n) is 7.98. The van der Waals surface area contributed by atoms with Gasteiger partial charge in [0.2, 0.25) is 0 Å². The number of carbonyl (C=O) groups is 2. The summed E-state index contributed by atoms with van der Waals surface area (Å²) in [5.41, 5.74) is 7.19. The monoisotopic (exact) mass is 374 g/mol. The van der Waals surface area contributed by atoms with Crippen molar-refractivity contribution in [2.75, 3.05) is 6.61 Å². The van der Waals surface area contributed by atoms with E-state index in [-0.39, 0.29) is 12.3 Å². The number of rotatable bonds is 3. The van der Waals surface area contributed by atoms with Gasteiger partial charge < -0.3 is 9.26 Å². The van der Waals surface area contributed by atoms with Crippen molar-refractivity contribution in [3.05, 3.63) is 33.1 Å². The largest absolute Gasteiger partial charge is 0.449 e. The number of nitrogens with zero attached hydrogens (tertiary/aromatic N) is 2. The second-order valence-electron chi connectivity index (χ2n) is 5.63. The minimum Gasteiger partial charge on any atom is -0.449 e. The fraction of sp³-hybridized carbons (Fsp3) is 0.294. The van der Waals surface area contributed by atoms with Crippen LogP contribution < -0.4 is 10.9 Å². The predicted molar refractivity (Wildman–Crippen MR) is 97.0 cm³/mol. The number of hydrogen-bond acceptors (Lipinski definition) is 7. The van der Waals surface area contributed by atoms with Gasteiger partial charge in [-0.1, -0.05) is 5.16 Å². The van der Waals surface area contributed by atoms with Crippen molar-refractivity contribution in [1.82, 2.24) is 21.0 Å². The third-order valence-electron chi connectivity index (χ3n) is 3.73. The van der Waals surface area contributed by atoms with E-state index < -0.39 is 12.0 Å². The molecule has 0 aromatic carbocycles. The smallest absolute Gasteiger partial charge is 0.426 e. The third kappa shape index (κ3) is 3.38. The number of hydrazine groups is 1. The van der Waals surface area contributed by atoms with E-state index in [0.29, 0.717) is 22.3 Å². The minimum atomic E-state index is -0.738. The number of carbonyl (C=O) groups excluding carboxylic acids is 2. The van der Waals surface area contributed by atoms with Gasteiger partial charge in [0.15, 0.2) is 0 Å². The third-order valence-corrected chi connectivity index (χ3v) is 4.70. The van der Waals surface area contributed by atoms with Crippen molar-refractivity contribution in [3.63, 3.8) is 0 Å². The summed E-state index contributed by atoms with van der Waals surface area (Å²) < 4.78 is 9.99. The fourth-order valence-corrected chi connectivity index (χ4v) is 3.57. The van der Waals surface area contributed by atoms with Crippen LogP contribution in [0.2, 0.25) is 0 Å². The molecule has 0 unspecified atom stereocenters. The standard InChI is InChI=1S/C17H18N4O4S/c1-5-24-17(23)20-19-15(22)12-7-13(11-6-8(2)26-10(11)4)18-16-14(12)9(3)21-25-16/h6-7H,5H2,1-4H3,(H,19,22)(H,20,23). The highest BCUT2D eigenvalue weighted by atomic mass is 32.1. The molecule has 9 heteroatoms. The van der Waals surface area contributed by atoms with Crippen LogP contribution in [0.5, 0.6) is 0 Å². The van der Waals surface area contributed by atoms with Gasteiger partial charge in [0.1, 0.15) is 0 Å². The maximum Gasteiger partial charge on any atom is 0.426 e. The van der Waals surface area contributed by atoms with Gasteiger partial charge in [-0.2, -0.15) is 0 Å². The second-order valence-corrected chi connectivity index (χ2v) is 7.09. The molecule has 26 heavy (non-hydrogen) atoms. The Morgan fingerprint density at radius 3 is 2.65 bits per heavy atom. The van der Waals surface area contributed by atoms with Gasteiger partial charge in [-0.3, -0.25) is 10.2 Å². The molecule has 3 aromatic heterocycles. The second kappa shape index (κ2) is 7.12. The van der Waals surface area contributed by atoms with E-state index >= 15 is 0 Å². The van der Waals surface area contributed by atoms with Crippen LogP contribution in [-0.2, 0) is 4.74 Å². The van der Waals surface area contributed by atoms with Gasteiger partial charge in [-0.05, 0) is 39.8 Å². The van der Waals surface area contributed by atoms with Crippen LogP contribution in [0.3, 0.4) is 0 Å². The number of aromatic nitrogens is 2. The quantitative estimate of drug-likeness (QED) is 0.682. The van der Waals surface area contributed by atoms with E-state index in [1.807, 2.05) is 19.9 Å². The molecule has 2 N–H and O–H groups in total. The Hall–Kier alpha value is -2.94. The van der Waals surface area contributed by atoms with Crippen LogP contribution in [0.25, 0.3) is 22.4 Å². The molecule has 0 saturated carbocycles. The number of amides is 2. The molecule has 0 fully saturated rings. The van der Waals surface area contributed by atoms with Crippen molar-refractivity contribution < 1.29 is 18.8 Å². The van der Waals surface area contributed by atoms with Crippen molar-refractivity contribution in [3.8, 4) is 11.3 Å². The average molecular weight is 374 g/mol. The first-order chi connectivity index (χ1) is 12.4. The summed E-state index contributed by atoms with van der Waals surface area (Å²) in [5, 5.41) is 4.40. The Labute approximate surface area is 153 Å². The molecule has 0 aliphatic carbocycles. The molecular formula is C17H18N4O4S. The van der Waals surface area contributed by atoms with E-state index in [2.05, 4.69) is 21.0 Å². The normalized spacial score (nSPS) is 10.8. The summed E-state index contributed by atoms with van der Waals surface area (Å²) in [7, 11) is 0.